The molecule has 3 aromatic rings. The fourth-order valence-corrected chi connectivity index (χ4v) is 6.07. The third-order valence-electron chi connectivity index (χ3n) is 7.58. The summed E-state index contributed by atoms with van der Waals surface area (Å²) in [6.45, 7) is 8.37. The Morgan fingerprint density at radius 1 is 0.946 bits per heavy atom. The molecule has 0 spiro atoms. The molecule has 0 unspecified atom stereocenters. The minimum Gasteiger partial charge on any atom is -0.454 e. The number of fused-ring (bicyclic) bond motifs is 1. The second kappa shape index (κ2) is 10.7. The number of piperidine rings is 1. The molecule has 1 amide bonds. The van der Waals surface area contributed by atoms with Gasteiger partial charge in [-0.05, 0) is 43.0 Å². The van der Waals surface area contributed by atoms with Crippen LogP contribution in [0.3, 0.4) is 0 Å². The van der Waals surface area contributed by atoms with Crippen LogP contribution in [0.5, 0.6) is 11.5 Å². The van der Waals surface area contributed by atoms with Crippen LogP contribution in [0.15, 0.2) is 42.5 Å². The Hall–Kier alpha value is -3.17. The van der Waals surface area contributed by atoms with E-state index in [0.29, 0.717) is 12.7 Å². The van der Waals surface area contributed by atoms with Gasteiger partial charge in [-0.1, -0.05) is 35.9 Å². The first-order valence-electron chi connectivity index (χ1n) is 13.1. The van der Waals surface area contributed by atoms with Gasteiger partial charge in [0, 0.05) is 69.7 Å². The predicted octanol–water partition coefficient (Wildman–Crippen LogP) is 3.73. The second-order valence-electron chi connectivity index (χ2n) is 10.2. The van der Waals surface area contributed by atoms with Gasteiger partial charge >= 0.3 is 0 Å². The van der Waals surface area contributed by atoms with E-state index in [9.17, 15) is 4.79 Å². The number of aryl methyl sites for hydroxylation is 1. The van der Waals surface area contributed by atoms with E-state index >= 15 is 0 Å². The molecular formula is C28H33N5O3S. The topological polar surface area (TPSA) is 71.0 Å². The quantitative estimate of drug-likeness (QED) is 0.492. The van der Waals surface area contributed by atoms with Crippen molar-refractivity contribution in [1.29, 1.82) is 0 Å². The molecule has 4 heterocycles. The van der Waals surface area contributed by atoms with E-state index in [1.807, 2.05) is 6.07 Å². The first-order chi connectivity index (χ1) is 18.1. The van der Waals surface area contributed by atoms with Crippen LogP contribution < -0.4 is 14.4 Å². The molecule has 6 rings (SSSR count). The van der Waals surface area contributed by atoms with Crippen molar-refractivity contribution in [3.63, 3.8) is 0 Å². The number of hydrogen-bond acceptors (Lipinski definition) is 8. The third kappa shape index (κ3) is 5.57. The number of anilines is 1. The fourth-order valence-electron chi connectivity index (χ4n) is 5.33. The summed E-state index contributed by atoms with van der Waals surface area (Å²) in [6, 6.07) is 14.7. The van der Waals surface area contributed by atoms with E-state index < -0.39 is 0 Å². The zero-order valence-electron chi connectivity index (χ0n) is 21.3. The summed E-state index contributed by atoms with van der Waals surface area (Å²) in [6.07, 6.45) is 2.51. The molecule has 0 radical (unpaired) electrons. The van der Waals surface area contributed by atoms with E-state index in [4.69, 9.17) is 14.5 Å². The summed E-state index contributed by atoms with van der Waals surface area (Å²) in [4.78, 5) is 24.8. The van der Waals surface area contributed by atoms with Crippen LogP contribution in [0.4, 0.5) is 5.13 Å². The Morgan fingerprint density at radius 2 is 1.68 bits per heavy atom. The molecule has 2 fully saturated rings. The van der Waals surface area contributed by atoms with Gasteiger partial charge in [0.05, 0.1) is 0 Å². The van der Waals surface area contributed by atoms with Gasteiger partial charge < -0.3 is 19.3 Å². The average molecular weight is 520 g/mol. The maximum atomic E-state index is 13.3. The van der Waals surface area contributed by atoms with Gasteiger partial charge in [0.15, 0.2) is 11.5 Å². The van der Waals surface area contributed by atoms with Crippen molar-refractivity contribution >= 4 is 22.6 Å². The standard InChI is InChI=1S/C28H33N5O3S/c1-20-2-4-21(5-3-20)17-26-29-28(37-30-26)33-10-8-23(9-11-33)27(34)32-14-12-31(13-15-32)18-22-6-7-24-25(16-22)36-19-35-24/h2-7,16,23H,8-15,17-19H2,1H3. The zero-order valence-corrected chi connectivity index (χ0v) is 22.1. The number of hydrogen-bond donors (Lipinski definition) is 0. The Balaban J connectivity index is 0.959. The van der Waals surface area contributed by atoms with Crippen molar-refractivity contribution in [1.82, 2.24) is 19.2 Å². The molecule has 0 N–H and O–H groups in total. The molecule has 2 saturated heterocycles. The molecule has 8 nitrogen and oxygen atoms in total. The molecule has 0 saturated carbocycles. The molecule has 0 bridgehead atoms. The smallest absolute Gasteiger partial charge is 0.231 e. The maximum absolute atomic E-state index is 13.3. The molecule has 9 heteroatoms. The minimum absolute atomic E-state index is 0.108. The number of piperazine rings is 1. The maximum Gasteiger partial charge on any atom is 0.231 e. The lowest BCUT2D eigenvalue weighted by Gasteiger charge is -2.38. The number of carbonyl (C=O) groups is 1. The summed E-state index contributed by atoms with van der Waals surface area (Å²) < 4.78 is 15.5. The van der Waals surface area contributed by atoms with E-state index in [-0.39, 0.29) is 5.92 Å². The van der Waals surface area contributed by atoms with Crippen molar-refractivity contribution in [2.24, 2.45) is 5.92 Å². The number of rotatable bonds is 6. The highest BCUT2D eigenvalue weighted by molar-refractivity contribution is 7.09. The Labute approximate surface area is 222 Å². The Morgan fingerprint density at radius 3 is 2.46 bits per heavy atom. The minimum atomic E-state index is 0.108. The van der Waals surface area contributed by atoms with Gasteiger partial charge in [0.2, 0.25) is 17.8 Å². The lowest BCUT2D eigenvalue weighted by molar-refractivity contribution is -0.138. The van der Waals surface area contributed by atoms with Crippen LogP contribution in [0.25, 0.3) is 0 Å². The largest absolute Gasteiger partial charge is 0.454 e. The zero-order chi connectivity index (χ0) is 25.2. The second-order valence-corrected chi connectivity index (χ2v) is 10.9. The first kappa shape index (κ1) is 24.2. The highest BCUT2D eigenvalue weighted by Gasteiger charge is 2.31. The van der Waals surface area contributed by atoms with Gasteiger partial charge in [-0.25, -0.2) is 4.98 Å². The van der Waals surface area contributed by atoms with E-state index in [2.05, 4.69) is 62.4 Å². The SMILES string of the molecule is Cc1ccc(Cc2nsc(N3CCC(C(=O)N4CCN(Cc5ccc6c(c5)OCO6)CC4)CC3)n2)cc1. The van der Waals surface area contributed by atoms with Crippen molar-refractivity contribution < 1.29 is 14.3 Å². The molecule has 0 atom stereocenters. The van der Waals surface area contributed by atoms with Crippen molar-refractivity contribution in [2.75, 3.05) is 51.0 Å². The summed E-state index contributed by atoms with van der Waals surface area (Å²) in [5.41, 5.74) is 3.71. The van der Waals surface area contributed by atoms with Crippen LogP contribution in [0, 0.1) is 12.8 Å². The molecule has 1 aromatic heterocycles. The van der Waals surface area contributed by atoms with Gasteiger partial charge in [-0.15, -0.1) is 0 Å². The predicted molar refractivity (Wildman–Crippen MR) is 143 cm³/mol. The van der Waals surface area contributed by atoms with Crippen LogP contribution >= 0.6 is 11.5 Å². The number of aromatic nitrogens is 2. The average Bonchev–Trinajstić information content (AvgIpc) is 3.60. The van der Waals surface area contributed by atoms with Crippen LogP contribution in [-0.4, -0.2) is 71.1 Å². The number of nitrogens with zero attached hydrogens (tertiary/aromatic N) is 5. The van der Waals surface area contributed by atoms with Crippen molar-refractivity contribution in [3.8, 4) is 11.5 Å². The Kier molecular flexibility index (Phi) is 6.97. The normalized spacial score (nSPS) is 18.4. The number of benzene rings is 2. The van der Waals surface area contributed by atoms with Gasteiger partial charge in [-0.3, -0.25) is 9.69 Å². The molecular weight excluding hydrogens is 486 g/mol. The van der Waals surface area contributed by atoms with Gasteiger partial charge in [0.25, 0.3) is 0 Å². The number of ether oxygens (including phenoxy) is 2. The van der Waals surface area contributed by atoms with Crippen LogP contribution in [0.1, 0.15) is 35.4 Å². The molecule has 3 aliphatic rings. The molecule has 3 aliphatic heterocycles. The van der Waals surface area contributed by atoms with Crippen molar-refractivity contribution in [2.45, 2.75) is 32.7 Å². The first-order valence-corrected chi connectivity index (χ1v) is 13.9. The number of carbonyl (C=O) groups excluding carboxylic acids is 1. The van der Waals surface area contributed by atoms with Crippen LogP contribution in [-0.2, 0) is 17.8 Å². The molecule has 194 valence electrons. The van der Waals surface area contributed by atoms with E-state index in [1.165, 1.54) is 28.2 Å². The highest BCUT2D eigenvalue weighted by atomic mass is 32.1. The molecule has 2 aromatic carbocycles. The number of amides is 1. The van der Waals surface area contributed by atoms with Gasteiger partial charge in [0.1, 0.15) is 5.82 Å². The van der Waals surface area contributed by atoms with Crippen LogP contribution in [0.2, 0.25) is 0 Å². The third-order valence-corrected chi connectivity index (χ3v) is 8.40. The fraction of sp³-hybridized carbons (Fsp3) is 0.464. The summed E-state index contributed by atoms with van der Waals surface area (Å²) >= 11 is 1.47. The lowest BCUT2D eigenvalue weighted by Crippen LogP contribution is -2.51. The lowest BCUT2D eigenvalue weighted by atomic mass is 9.95. The summed E-state index contributed by atoms with van der Waals surface area (Å²) in [5, 5.41) is 0.977. The van der Waals surface area contributed by atoms with Crippen molar-refractivity contribution in [3.05, 3.63) is 65.0 Å². The van der Waals surface area contributed by atoms with E-state index in [1.54, 1.807) is 0 Å². The molecule has 37 heavy (non-hydrogen) atoms. The van der Waals surface area contributed by atoms with E-state index in [0.717, 1.165) is 87.5 Å². The summed E-state index contributed by atoms with van der Waals surface area (Å²) in [7, 11) is 0. The highest BCUT2D eigenvalue weighted by Crippen LogP contribution is 2.33. The monoisotopic (exact) mass is 519 g/mol. The van der Waals surface area contributed by atoms with Gasteiger partial charge in [-0.2, -0.15) is 4.37 Å². The Bertz CT molecular complexity index is 1230. The summed E-state index contributed by atoms with van der Waals surface area (Å²) in [5.74, 6) is 2.95. The molecule has 0 aliphatic carbocycles.